The van der Waals surface area contributed by atoms with Crippen LogP contribution < -0.4 is 0 Å². The highest BCUT2D eigenvalue weighted by Gasteiger charge is 2.53. The number of rotatable bonds is 18. The molecule has 5 atom stereocenters. The monoisotopic (exact) mass is 694 g/mol. The first-order valence-electron chi connectivity index (χ1n) is 18.2. The summed E-state index contributed by atoms with van der Waals surface area (Å²) < 4.78 is 19.8. The zero-order valence-corrected chi connectivity index (χ0v) is 29.4. The Morgan fingerprint density at radius 1 is 0.462 bits per heavy atom. The quantitative estimate of drug-likeness (QED) is 0.0938. The van der Waals surface area contributed by atoms with Crippen LogP contribution in [0, 0.1) is 11.8 Å². The molecule has 0 saturated carbocycles. The first-order chi connectivity index (χ1) is 25.5. The molecule has 6 nitrogen and oxygen atoms in total. The van der Waals surface area contributed by atoms with Gasteiger partial charge in [0.25, 0.3) is 0 Å². The van der Waals surface area contributed by atoms with Crippen molar-refractivity contribution in [2.75, 3.05) is 13.2 Å². The summed E-state index contributed by atoms with van der Waals surface area (Å²) in [4.78, 5) is 43.0. The number of carbonyl (C=O) groups is 3. The molecule has 0 N–H and O–H groups in total. The highest BCUT2D eigenvalue weighted by Crippen LogP contribution is 2.38. The first-order valence-corrected chi connectivity index (χ1v) is 18.2. The zero-order chi connectivity index (χ0) is 36.0. The van der Waals surface area contributed by atoms with Gasteiger partial charge in [-0.15, -0.1) is 0 Å². The molecule has 5 aromatic carbocycles. The minimum absolute atomic E-state index is 0.0372. The predicted octanol–water partition coefficient (Wildman–Crippen LogP) is 7.66. The van der Waals surface area contributed by atoms with E-state index >= 15 is 0 Å². The summed E-state index contributed by atoms with van der Waals surface area (Å²) in [7, 11) is 0. The standard InChI is InChI=1S/C46H46O6/c47-39(30-36-20-10-3-11-21-36)33-42-43(40(48)31-37-22-12-4-13-23-37)44(41(49)32-38-24-14-5-15-25-38)45(50-28-26-34-16-6-1-7-17-34)46(52-42)51-29-27-35-18-8-2-9-19-35/h1-25,42-46H,26-33H2/t42-,43-,44+,45+,46?/m1/s1. The van der Waals surface area contributed by atoms with E-state index in [1.807, 2.05) is 152 Å². The van der Waals surface area contributed by atoms with Crippen molar-refractivity contribution in [1.29, 1.82) is 0 Å². The normalized spacial score (nSPS) is 19.9. The Balaban J connectivity index is 1.35. The number of Topliss-reactive ketones (excluding diaryl/α,β-unsaturated/α-hetero) is 3. The molecule has 1 aliphatic rings. The van der Waals surface area contributed by atoms with E-state index in [0.29, 0.717) is 26.1 Å². The molecule has 0 aliphatic carbocycles. The lowest BCUT2D eigenvalue weighted by Crippen LogP contribution is -2.59. The van der Waals surface area contributed by atoms with Crippen molar-refractivity contribution in [3.8, 4) is 0 Å². The van der Waals surface area contributed by atoms with Crippen molar-refractivity contribution in [2.45, 2.75) is 57.0 Å². The predicted molar refractivity (Wildman–Crippen MR) is 202 cm³/mol. The van der Waals surface area contributed by atoms with E-state index in [-0.39, 0.29) is 43.0 Å². The smallest absolute Gasteiger partial charge is 0.184 e. The van der Waals surface area contributed by atoms with Gasteiger partial charge >= 0.3 is 0 Å². The SMILES string of the molecule is O=C(Cc1ccccc1)C[C@H]1OC(OCCc2ccccc2)[C@@H](OCCc2ccccc2)[C@@H](C(=O)Cc2ccccc2)[C@@H]1C(=O)Cc1ccccc1. The second kappa shape index (κ2) is 19.0. The molecule has 1 saturated heterocycles. The molecule has 1 unspecified atom stereocenters. The van der Waals surface area contributed by atoms with Crippen molar-refractivity contribution in [3.05, 3.63) is 179 Å². The summed E-state index contributed by atoms with van der Waals surface area (Å²) >= 11 is 0. The van der Waals surface area contributed by atoms with E-state index in [2.05, 4.69) is 0 Å². The van der Waals surface area contributed by atoms with Crippen molar-refractivity contribution in [3.63, 3.8) is 0 Å². The van der Waals surface area contributed by atoms with Crippen LogP contribution in [0.25, 0.3) is 0 Å². The Bertz CT molecular complexity index is 1830. The fourth-order valence-corrected chi connectivity index (χ4v) is 7.07. The molecule has 0 spiro atoms. The maximum atomic E-state index is 14.7. The molecule has 0 amide bonds. The summed E-state index contributed by atoms with van der Waals surface area (Å²) in [6, 6.07) is 48.6. The van der Waals surface area contributed by atoms with Gasteiger partial charge < -0.3 is 14.2 Å². The van der Waals surface area contributed by atoms with Crippen LogP contribution in [-0.4, -0.2) is 49.1 Å². The lowest BCUT2D eigenvalue weighted by molar-refractivity contribution is -0.276. The molecular formula is C46H46O6. The van der Waals surface area contributed by atoms with Crippen molar-refractivity contribution in [1.82, 2.24) is 0 Å². The molecule has 1 heterocycles. The van der Waals surface area contributed by atoms with E-state index in [1.165, 1.54) is 0 Å². The van der Waals surface area contributed by atoms with Gasteiger partial charge in [-0.05, 0) is 40.7 Å². The lowest BCUT2D eigenvalue weighted by atomic mass is 9.72. The molecule has 1 fully saturated rings. The fourth-order valence-electron chi connectivity index (χ4n) is 7.07. The minimum atomic E-state index is -0.973. The Kier molecular flexibility index (Phi) is 13.4. The second-order valence-corrected chi connectivity index (χ2v) is 13.4. The maximum Gasteiger partial charge on any atom is 0.184 e. The number of hydrogen-bond donors (Lipinski definition) is 0. The largest absolute Gasteiger partial charge is 0.372 e. The Morgan fingerprint density at radius 2 is 0.846 bits per heavy atom. The number of ether oxygens (including phenoxy) is 3. The van der Waals surface area contributed by atoms with Crippen LogP contribution in [-0.2, 0) is 60.7 Å². The number of carbonyl (C=O) groups excluding carboxylic acids is 3. The zero-order valence-electron chi connectivity index (χ0n) is 29.4. The fraction of sp³-hybridized carbons (Fsp3) is 0.283. The molecule has 266 valence electrons. The summed E-state index contributed by atoms with van der Waals surface area (Å²) in [6.07, 6.45) is -1.13. The third kappa shape index (κ3) is 10.5. The average Bonchev–Trinajstić information content (AvgIpc) is 3.17. The maximum absolute atomic E-state index is 14.7. The van der Waals surface area contributed by atoms with Crippen LogP contribution in [0.15, 0.2) is 152 Å². The van der Waals surface area contributed by atoms with E-state index in [1.54, 1.807) is 0 Å². The van der Waals surface area contributed by atoms with Crippen LogP contribution in [0.3, 0.4) is 0 Å². The molecule has 6 heteroatoms. The van der Waals surface area contributed by atoms with E-state index in [4.69, 9.17) is 14.2 Å². The van der Waals surface area contributed by atoms with Gasteiger partial charge in [0.2, 0.25) is 0 Å². The van der Waals surface area contributed by atoms with Gasteiger partial charge in [-0.2, -0.15) is 0 Å². The molecule has 0 bridgehead atoms. The number of hydrogen-bond acceptors (Lipinski definition) is 6. The molecule has 1 aliphatic heterocycles. The number of ketones is 3. The van der Waals surface area contributed by atoms with Crippen LogP contribution in [0.1, 0.15) is 34.2 Å². The summed E-state index contributed by atoms with van der Waals surface area (Å²) in [5.41, 5.74) is 4.74. The van der Waals surface area contributed by atoms with E-state index in [0.717, 1.165) is 27.8 Å². The van der Waals surface area contributed by atoms with Gasteiger partial charge in [-0.25, -0.2) is 0 Å². The Morgan fingerprint density at radius 3 is 1.31 bits per heavy atom. The third-order valence-corrected chi connectivity index (χ3v) is 9.64. The van der Waals surface area contributed by atoms with Gasteiger partial charge in [-0.3, -0.25) is 14.4 Å². The molecule has 0 aromatic heterocycles. The van der Waals surface area contributed by atoms with Crippen LogP contribution in [0.2, 0.25) is 0 Å². The molecule has 0 radical (unpaired) electrons. The van der Waals surface area contributed by atoms with Crippen molar-refractivity contribution in [2.24, 2.45) is 11.8 Å². The Labute approximate surface area is 306 Å². The molecular weight excluding hydrogens is 649 g/mol. The van der Waals surface area contributed by atoms with Gasteiger partial charge in [-0.1, -0.05) is 152 Å². The summed E-state index contributed by atoms with van der Waals surface area (Å²) in [5, 5.41) is 0. The second-order valence-electron chi connectivity index (χ2n) is 13.4. The first kappa shape index (κ1) is 36.8. The van der Waals surface area contributed by atoms with Crippen molar-refractivity contribution >= 4 is 17.3 Å². The van der Waals surface area contributed by atoms with Gasteiger partial charge in [0.15, 0.2) is 6.29 Å². The summed E-state index contributed by atoms with van der Waals surface area (Å²) in [5.74, 6) is -2.20. The summed E-state index contributed by atoms with van der Waals surface area (Å²) in [6.45, 7) is 0.600. The van der Waals surface area contributed by atoms with Gasteiger partial charge in [0, 0.05) is 25.7 Å². The molecule has 52 heavy (non-hydrogen) atoms. The average molecular weight is 695 g/mol. The minimum Gasteiger partial charge on any atom is -0.372 e. The third-order valence-electron chi connectivity index (χ3n) is 9.64. The van der Waals surface area contributed by atoms with Crippen LogP contribution in [0.4, 0.5) is 0 Å². The van der Waals surface area contributed by atoms with Gasteiger partial charge in [0.1, 0.15) is 23.5 Å². The van der Waals surface area contributed by atoms with Gasteiger partial charge in [0.05, 0.1) is 31.2 Å². The van der Waals surface area contributed by atoms with E-state index in [9.17, 15) is 14.4 Å². The molecule has 6 rings (SSSR count). The van der Waals surface area contributed by atoms with Crippen LogP contribution in [0.5, 0.6) is 0 Å². The highest BCUT2D eigenvalue weighted by molar-refractivity contribution is 5.93. The topological polar surface area (TPSA) is 78.9 Å². The number of benzene rings is 5. The Hall–Kier alpha value is -5.01. The lowest BCUT2D eigenvalue weighted by Gasteiger charge is -2.45. The molecule has 5 aromatic rings. The van der Waals surface area contributed by atoms with Crippen LogP contribution >= 0.6 is 0 Å². The van der Waals surface area contributed by atoms with Crippen molar-refractivity contribution < 1.29 is 28.6 Å². The van der Waals surface area contributed by atoms with E-state index < -0.39 is 30.3 Å². The highest BCUT2D eigenvalue weighted by atomic mass is 16.7.